The molecular formula is C8H17NO4S. The molecule has 0 aliphatic heterocycles. The molecule has 0 aromatic carbocycles. The standard InChI is InChI=1S/C8H17NO4S/c1-2-6-3-7(8(10)4-6)5-13-14(9,11)12/h6-8,10H,2-5H2,1H3,(H2,9,11,12)/t6-,7-,8+/m1/s1. The fraction of sp³-hybridized carbons (Fsp3) is 1.00. The molecule has 0 aromatic heterocycles. The summed E-state index contributed by atoms with van der Waals surface area (Å²) in [4.78, 5) is 0. The van der Waals surface area contributed by atoms with Gasteiger partial charge in [0.05, 0.1) is 12.7 Å². The van der Waals surface area contributed by atoms with Crippen molar-refractivity contribution in [1.82, 2.24) is 0 Å². The van der Waals surface area contributed by atoms with Gasteiger partial charge >= 0.3 is 10.3 Å². The highest BCUT2D eigenvalue weighted by atomic mass is 32.2. The molecule has 0 radical (unpaired) electrons. The van der Waals surface area contributed by atoms with Crippen LogP contribution in [0.15, 0.2) is 0 Å². The largest absolute Gasteiger partial charge is 0.393 e. The SMILES string of the molecule is CC[C@@H]1C[C@H](COS(N)(=O)=O)[C@@H](O)C1. The minimum Gasteiger partial charge on any atom is -0.393 e. The van der Waals surface area contributed by atoms with Crippen molar-refractivity contribution in [2.24, 2.45) is 17.0 Å². The number of aliphatic hydroxyl groups is 1. The first-order valence-electron chi connectivity index (χ1n) is 4.77. The highest BCUT2D eigenvalue weighted by Gasteiger charge is 2.32. The summed E-state index contributed by atoms with van der Waals surface area (Å²) in [5.74, 6) is 0.373. The van der Waals surface area contributed by atoms with Crippen molar-refractivity contribution >= 4 is 10.3 Å². The van der Waals surface area contributed by atoms with Gasteiger partial charge in [-0.05, 0) is 18.8 Å². The molecule has 3 N–H and O–H groups in total. The van der Waals surface area contributed by atoms with Gasteiger partial charge in [-0.3, -0.25) is 4.18 Å². The molecule has 14 heavy (non-hydrogen) atoms. The third kappa shape index (κ3) is 3.53. The third-order valence-electron chi connectivity index (χ3n) is 2.78. The van der Waals surface area contributed by atoms with Crippen LogP contribution in [0, 0.1) is 11.8 Å². The summed E-state index contributed by atoms with van der Waals surface area (Å²) in [5.41, 5.74) is 0. The quantitative estimate of drug-likeness (QED) is 0.702. The molecule has 0 amide bonds. The van der Waals surface area contributed by atoms with E-state index in [1.54, 1.807) is 0 Å². The van der Waals surface area contributed by atoms with Crippen LogP contribution < -0.4 is 5.14 Å². The Bertz CT molecular complexity index is 277. The van der Waals surface area contributed by atoms with Gasteiger partial charge in [0.1, 0.15) is 0 Å². The van der Waals surface area contributed by atoms with Crippen LogP contribution in [0.1, 0.15) is 26.2 Å². The maximum absolute atomic E-state index is 10.5. The number of aliphatic hydroxyl groups excluding tert-OH is 1. The molecule has 1 fully saturated rings. The van der Waals surface area contributed by atoms with Gasteiger partial charge in [0.25, 0.3) is 0 Å². The van der Waals surface area contributed by atoms with Crippen molar-refractivity contribution in [2.75, 3.05) is 6.61 Å². The van der Waals surface area contributed by atoms with Crippen LogP contribution in [0.3, 0.4) is 0 Å². The monoisotopic (exact) mass is 223 g/mol. The Labute approximate surface area is 84.5 Å². The first-order valence-corrected chi connectivity index (χ1v) is 6.24. The molecular weight excluding hydrogens is 206 g/mol. The van der Waals surface area contributed by atoms with Crippen LogP contribution in [0.2, 0.25) is 0 Å². The van der Waals surface area contributed by atoms with Crippen LogP contribution in [-0.2, 0) is 14.5 Å². The predicted octanol–water partition coefficient (Wildman–Crippen LogP) is 0.00360. The summed E-state index contributed by atoms with van der Waals surface area (Å²) in [6.07, 6.45) is 2.09. The Morgan fingerprint density at radius 2 is 2.14 bits per heavy atom. The van der Waals surface area contributed by atoms with E-state index in [1.807, 2.05) is 0 Å². The van der Waals surface area contributed by atoms with Crippen molar-refractivity contribution in [3.05, 3.63) is 0 Å². The van der Waals surface area contributed by atoms with Crippen molar-refractivity contribution in [3.63, 3.8) is 0 Å². The summed E-state index contributed by atoms with van der Waals surface area (Å²) in [5, 5.41) is 14.3. The van der Waals surface area contributed by atoms with E-state index in [2.05, 4.69) is 11.1 Å². The van der Waals surface area contributed by atoms with Gasteiger partial charge in [-0.15, -0.1) is 0 Å². The smallest absolute Gasteiger partial charge is 0.333 e. The second-order valence-corrected chi connectivity index (χ2v) is 5.07. The molecule has 1 aliphatic carbocycles. The normalized spacial score (nSPS) is 33.5. The highest BCUT2D eigenvalue weighted by Crippen LogP contribution is 2.33. The lowest BCUT2D eigenvalue weighted by Gasteiger charge is -2.12. The molecule has 0 heterocycles. The molecule has 0 aromatic rings. The summed E-state index contributed by atoms with van der Waals surface area (Å²) in [6, 6.07) is 0. The van der Waals surface area contributed by atoms with Gasteiger partial charge in [-0.25, -0.2) is 5.14 Å². The zero-order valence-corrected chi connectivity index (χ0v) is 9.03. The Hall–Kier alpha value is -0.170. The Kier molecular flexibility index (Phi) is 3.88. The summed E-state index contributed by atoms with van der Waals surface area (Å²) < 4.78 is 25.5. The minimum atomic E-state index is -3.87. The van der Waals surface area contributed by atoms with E-state index in [1.165, 1.54) is 0 Å². The van der Waals surface area contributed by atoms with E-state index in [0.717, 1.165) is 19.3 Å². The fourth-order valence-electron chi connectivity index (χ4n) is 1.91. The first-order chi connectivity index (χ1) is 6.42. The number of nitrogens with two attached hydrogens (primary N) is 1. The van der Waals surface area contributed by atoms with Crippen molar-refractivity contribution in [1.29, 1.82) is 0 Å². The van der Waals surface area contributed by atoms with Crippen molar-refractivity contribution < 1.29 is 17.7 Å². The van der Waals surface area contributed by atoms with Gasteiger partial charge in [0.2, 0.25) is 0 Å². The summed E-state index contributed by atoms with van der Waals surface area (Å²) in [7, 11) is -3.87. The average molecular weight is 223 g/mol. The minimum absolute atomic E-state index is 0.00347. The average Bonchev–Trinajstić information content (AvgIpc) is 2.42. The molecule has 3 atom stereocenters. The van der Waals surface area contributed by atoms with Gasteiger partial charge in [-0.2, -0.15) is 8.42 Å². The van der Waals surface area contributed by atoms with Crippen LogP contribution in [0.4, 0.5) is 0 Å². The lowest BCUT2D eigenvalue weighted by atomic mass is 10.0. The van der Waals surface area contributed by atoms with Crippen LogP contribution in [-0.4, -0.2) is 26.2 Å². The van der Waals surface area contributed by atoms with Gasteiger partial charge in [0, 0.05) is 5.92 Å². The molecule has 1 aliphatic rings. The van der Waals surface area contributed by atoms with Crippen LogP contribution in [0.5, 0.6) is 0 Å². The molecule has 1 saturated carbocycles. The van der Waals surface area contributed by atoms with Crippen LogP contribution in [0.25, 0.3) is 0 Å². The molecule has 84 valence electrons. The predicted molar refractivity (Wildman–Crippen MR) is 51.6 cm³/mol. The van der Waals surface area contributed by atoms with Crippen molar-refractivity contribution in [3.8, 4) is 0 Å². The van der Waals surface area contributed by atoms with E-state index in [9.17, 15) is 13.5 Å². The molecule has 0 bridgehead atoms. The molecule has 1 rings (SSSR count). The van der Waals surface area contributed by atoms with E-state index in [0.29, 0.717) is 5.92 Å². The molecule has 0 spiro atoms. The Morgan fingerprint density at radius 3 is 2.57 bits per heavy atom. The molecule has 0 unspecified atom stereocenters. The number of hydrogen-bond donors (Lipinski definition) is 2. The first kappa shape index (κ1) is 11.9. The fourth-order valence-corrected chi connectivity index (χ4v) is 2.27. The van der Waals surface area contributed by atoms with Gasteiger partial charge < -0.3 is 5.11 Å². The lowest BCUT2D eigenvalue weighted by Crippen LogP contribution is -2.24. The maximum Gasteiger partial charge on any atom is 0.333 e. The van der Waals surface area contributed by atoms with Crippen LogP contribution >= 0.6 is 0 Å². The number of rotatable bonds is 4. The lowest BCUT2D eigenvalue weighted by molar-refractivity contribution is 0.100. The molecule has 0 saturated heterocycles. The zero-order valence-electron chi connectivity index (χ0n) is 8.22. The third-order valence-corrected chi connectivity index (χ3v) is 3.24. The topological polar surface area (TPSA) is 89.6 Å². The second-order valence-electron chi connectivity index (χ2n) is 3.85. The Morgan fingerprint density at radius 1 is 1.50 bits per heavy atom. The van der Waals surface area contributed by atoms with Crippen molar-refractivity contribution in [2.45, 2.75) is 32.3 Å². The maximum atomic E-state index is 10.5. The highest BCUT2D eigenvalue weighted by molar-refractivity contribution is 7.84. The van der Waals surface area contributed by atoms with Gasteiger partial charge in [0.15, 0.2) is 0 Å². The molecule has 5 nitrogen and oxygen atoms in total. The summed E-state index contributed by atoms with van der Waals surface area (Å²) >= 11 is 0. The Balaban J connectivity index is 2.39. The number of hydrogen-bond acceptors (Lipinski definition) is 4. The van der Waals surface area contributed by atoms with E-state index < -0.39 is 16.4 Å². The van der Waals surface area contributed by atoms with E-state index >= 15 is 0 Å². The van der Waals surface area contributed by atoms with E-state index in [-0.39, 0.29) is 12.5 Å². The van der Waals surface area contributed by atoms with Gasteiger partial charge in [-0.1, -0.05) is 13.3 Å². The zero-order chi connectivity index (χ0) is 10.8. The summed E-state index contributed by atoms with van der Waals surface area (Å²) in [6.45, 7) is 2.05. The van der Waals surface area contributed by atoms with E-state index in [4.69, 9.17) is 5.14 Å². The second kappa shape index (κ2) is 4.57. The molecule has 6 heteroatoms.